The molecule has 0 radical (unpaired) electrons. The number of aryl methyl sites for hydroxylation is 1. The van der Waals surface area contributed by atoms with Crippen LogP contribution in [0.5, 0.6) is 5.75 Å². The van der Waals surface area contributed by atoms with Gasteiger partial charge in [-0.05, 0) is 42.3 Å². The number of benzene rings is 1. The maximum Gasteiger partial charge on any atom is 0.342 e. The Hall–Kier alpha value is -3.20. The fraction of sp³-hybridized carbons (Fsp3) is 0.238. The van der Waals surface area contributed by atoms with Gasteiger partial charge in [0.2, 0.25) is 0 Å². The SMILES string of the molecule is Cc1ccc(Cc2cnn(C(=O)N[C@@H]3COc4ccc(Br)cc4N(C)C3=O)c2)cn1. The van der Waals surface area contributed by atoms with E-state index in [9.17, 15) is 9.59 Å². The fourth-order valence-electron chi connectivity index (χ4n) is 3.19. The minimum Gasteiger partial charge on any atom is -0.489 e. The molecule has 3 aromatic rings. The normalized spacial score (nSPS) is 15.9. The first-order valence-electron chi connectivity index (χ1n) is 9.36. The van der Waals surface area contributed by atoms with Crippen LogP contribution in [0.3, 0.4) is 0 Å². The number of amides is 2. The monoisotopic (exact) mass is 469 g/mol. The quantitative estimate of drug-likeness (QED) is 0.636. The van der Waals surface area contributed by atoms with Gasteiger partial charge in [-0.25, -0.2) is 4.79 Å². The third-order valence-electron chi connectivity index (χ3n) is 4.84. The molecule has 0 aliphatic carbocycles. The lowest BCUT2D eigenvalue weighted by Crippen LogP contribution is -2.50. The molecule has 2 aromatic heterocycles. The van der Waals surface area contributed by atoms with Gasteiger partial charge in [-0.3, -0.25) is 9.78 Å². The molecule has 0 bridgehead atoms. The van der Waals surface area contributed by atoms with E-state index in [0.29, 0.717) is 17.9 Å². The molecule has 0 spiro atoms. The summed E-state index contributed by atoms with van der Waals surface area (Å²) in [6.45, 7) is 1.96. The Balaban J connectivity index is 1.44. The van der Waals surface area contributed by atoms with Crippen molar-refractivity contribution < 1.29 is 14.3 Å². The smallest absolute Gasteiger partial charge is 0.342 e. The maximum absolute atomic E-state index is 12.8. The maximum atomic E-state index is 12.8. The van der Waals surface area contributed by atoms with Gasteiger partial charge in [-0.1, -0.05) is 22.0 Å². The van der Waals surface area contributed by atoms with Crippen LogP contribution in [0, 0.1) is 6.92 Å². The molecule has 154 valence electrons. The molecule has 2 amide bonds. The summed E-state index contributed by atoms with van der Waals surface area (Å²) < 4.78 is 7.78. The highest BCUT2D eigenvalue weighted by atomic mass is 79.9. The van der Waals surface area contributed by atoms with Gasteiger partial charge in [0, 0.05) is 36.0 Å². The number of halogens is 1. The Kier molecular flexibility index (Phi) is 5.54. The van der Waals surface area contributed by atoms with E-state index in [-0.39, 0.29) is 12.5 Å². The number of likely N-dealkylation sites (N-methyl/N-ethyl adjacent to an activating group) is 1. The number of carbonyl (C=O) groups is 2. The second kappa shape index (κ2) is 8.27. The van der Waals surface area contributed by atoms with Gasteiger partial charge < -0.3 is 15.0 Å². The number of aromatic nitrogens is 3. The Morgan fingerprint density at radius 3 is 2.87 bits per heavy atom. The summed E-state index contributed by atoms with van der Waals surface area (Å²) in [6, 6.07) is 8.04. The van der Waals surface area contributed by atoms with Gasteiger partial charge in [0.25, 0.3) is 5.91 Å². The Bertz CT molecular complexity index is 1100. The van der Waals surface area contributed by atoms with Crippen molar-refractivity contribution in [3.8, 4) is 5.75 Å². The van der Waals surface area contributed by atoms with Gasteiger partial charge in [0.15, 0.2) is 0 Å². The minimum absolute atomic E-state index is 0.0344. The first kappa shape index (κ1) is 20.1. The van der Waals surface area contributed by atoms with Crippen molar-refractivity contribution in [2.24, 2.45) is 0 Å². The Morgan fingerprint density at radius 1 is 1.27 bits per heavy atom. The van der Waals surface area contributed by atoms with E-state index < -0.39 is 12.1 Å². The predicted octanol–water partition coefficient (Wildman–Crippen LogP) is 2.92. The lowest BCUT2D eigenvalue weighted by Gasteiger charge is -2.20. The molecule has 1 aromatic carbocycles. The zero-order valence-electron chi connectivity index (χ0n) is 16.5. The van der Waals surface area contributed by atoms with Crippen molar-refractivity contribution in [2.75, 3.05) is 18.6 Å². The summed E-state index contributed by atoms with van der Waals surface area (Å²) in [5.74, 6) is 0.317. The van der Waals surface area contributed by atoms with Crippen molar-refractivity contribution in [2.45, 2.75) is 19.4 Å². The predicted molar refractivity (Wildman–Crippen MR) is 115 cm³/mol. The average molecular weight is 470 g/mol. The van der Waals surface area contributed by atoms with Gasteiger partial charge in [-0.15, -0.1) is 0 Å². The molecule has 1 N–H and O–H groups in total. The van der Waals surface area contributed by atoms with Crippen molar-refractivity contribution in [1.29, 1.82) is 0 Å². The molecule has 8 nitrogen and oxygen atoms in total. The first-order chi connectivity index (χ1) is 14.4. The van der Waals surface area contributed by atoms with E-state index in [1.165, 1.54) is 9.58 Å². The number of ether oxygens (including phenoxy) is 1. The number of fused-ring (bicyclic) bond motifs is 1. The molecule has 0 saturated carbocycles. The molecular formula is C21H20BrN5O3. The number of hydrogen-bond acceptors (Lipinski definition) is 5. The van der Waals surface area contributed by atoms with Crippen LogP contribution in [-0.4, -0.2) is 46.4 Å². The third-order valence-corrected chi connectivity index (χ3v) is 5.33. The number of nitrogens with one attached hydrogen (secondary N) is 1. The molecule has 0 unspecified atom stereocenters. The van der Waals surface area contributed by atoms with Crippen molar-refractivity contribution in [1.82, 2.24) is 20.1 Å². The van der Waals surface area contributed by atoms with Gasteiger partial charge in [-0.2, -0.15) is 9.78 Å². The Morgan fingerprint density at radius 2 is 2.10 bits per heavy atom. The molecule has 0 saturated heterocycles. The van der Waals surface area contributed by atoms with E-state index in [2.05, 4.69) is 31.3 Å². The number of carbonyl (C=O) groups excluding carboxylic acids is 2. The number of rotatable bonds is 3. The van der Waals surface area contributed by atoms with Crippen LogP contribution in [0.15, 0.2) is 53.4 Å². The number of nitrogens with zero attached hydrogens (tertiary/aromatic N) is 4. The van der Waals surface area contributed by atoms with E-state index in [1.54, 1.807) is 37.8 Å². The standard InChI is InChI=1S/C21H20BrN5O3/c1-13-3-4-14(9-23-13)7-15-10-24-27(11-15)21(29)25-17-12-30-19-6-5-16(22)8-18(19)26(2)20(17)28/h3-6,8-11,17H,7,12H2,1-2H3,(H,25,29)/t17-/m1/s1. The van der Waals surface area contributed by atoms with Crippen LogP contribution in [-0.2, 0) is 11.2 Å². The second-order valence-corrected chi connectivity index (χ2v) is 8.02. The summed E-state index contributed by atoms with van der Waals surface area (Å²) in [5.41, 5.74) is 3.48. The average Bonchev–Trinajstić information content (AvgIpc) is 3.17. The van der Waals surface area contributed by atoms with Crippen LogP contribution < -0.4 is 15.0 Å². The molecular weight excluding hydrogens is 450 g/mol. The summed E-state index contributed by atoms with van der Waals surface area (Å²) in [5, 5.41) is 6.84. The highest BCUT2D eigenvalue weighted by Gasteiger charge is 2.31. The van der Waals surface area contributed by atoms with Crippen molar-refractivity contribution >= 4 is 33.6 Å². The van der Waals surface area contributed by atoms with Crippen LogP contribution in [0.4, 0.5) is 10.5 Å². The molecule has 1 atom stereocenters. The zero-order valence-corrected chi connectivity index (χ0v) is 18.1. The van der Waals surface area contributed by atoms with E-state index in [1.807, 2.05) is 25.1 Å². The second-order valence-electron chi connectivity index (χ2n) is 7.10. The lowest BCUT2D eigenvalue weighted by molar-refractivity contribution is -0.120. The van der Waals surface area contributed by atoms with E-state index >= 15 is 0 Å². The van der Waals surface area contributed by atoms with E-state index in [0.717, 1.165) is 21.3 Å². The third kappa shape index (κ3) is 4.20. The molecule has 9 heteroatoms. The highest BCUT2D eigenvalue weighted by Crippen LogP contribution is 2.33. The van der Waals surface area contributed by atoms with Gasteiger partial charge in [0.05, 0.1) is 11.9 Å². The Labute approximate surface area is 182 Å². The van der Waals surface area contributed by atoms with Gasteiger partial charge >= 0.3 is 6.03 Å². The first-order valence-corrected chi connectivity index (χ1v) is 10.2. The topological polar surface area (TPSA) is 89.4 Å². The van der Waals surface area contributed by atoms with Crippen molar-refractivity contribution in [3.63, 3.8) is 0 Å². The lowest BCUT2D eigenvalue weighted by atomic mass is 10.1. The van der Waals surface area contributed by atoms with Crippen LogP contribution in [0.25, 0.3) is 0 Å². The summed E-state index contributed by atoms with van der Waals surface area (Å²) >= 11 is 3.40. The number of hydrogen-bond donors (Lipinski definition) is 1. The fourth-order valence-corrected chi connectivity index (χ4v) is 3.54. The summed E-state index contributed by atoms with van der Waals surface area (Å²) in [4.78, 5) is 31.3. The molecule has 30 heavy (non-hydrogen) atoms. The minimum atomic E-state index is -0.831. The molecule has 1 aliphatic heterocycles. The molecule has 0 fully saturated rings. The highest BCUT2D eigenvalue weighted by molar-refractivity contribution is 9.10. The van der Waals surface area contributed by atoms with Crippen LogP contribution in [0.1, 0.15) is 16.8 Å². The molecule has 3 heterocycles. The van der Waals surface area contributed by atoms with E-state index in [4.69, 9.17) is 4.74 Å². The zero-order chi connectivity index (χ0) is 21.3. The number of pyridine rings is 1. The van der Waals surface area contributed by atoms with Crippen LogP contribution in [0.2, 0.25) is 0 Å². The van der Waals surface area contributed by atoms with Crippen LogP contribution >= 0.6 is 15.9 Å². The summed E-state index contributed by atoms with van der Waals surface area (Å²) in [6.07, 6.45) is 5.69. The number of anilines is 1. The summed E-state index contributed by atoms with van der Waals surface area (Å²) in [7, 11) is 1.66. The largest absolute Gasteiger partial charge is 0.489 e. The van der Waals surface area contributed by atoms with Gasteiger partial charge in [0.1, 0.15) is 18.4 Å². The van der Waals surface area contributed by atoms with Crippen molar-refractivity contribution in [3.05, 3.63) is 70.2 Å². The molecule has 1 aliphatic rings. The molecule has 4 rings (SSSR count).